The number of hydrogen-bond acceptors (Lipinski definition) is 3. The fourth-order valence-electron chi connectivity index (χ4n) is 3.02. The van der Waals surface area contributed by atoms with Crippen molar-refractivity contribution in [2.45, 2.75) is 26.9 Å². The minimum atomic E-state index is -0.147. The van der Waals surface area contributed by atoms with Crippen LogP contribution < -0.4 is 10.6 Å². The summed E-state index contributed by atoms with van der Waals surface area (Å²) in [6.45, 7) is 6.83. The Morgan fingerprint density at radius 2 is 2.00 bits per heavy atom. The second-order valence-corrected chi connectivity index (χ2v) is 7.46. The monoisotopic (exact) mass is 396 g/mol. The Hall–Kier alpha value is -2.63. The van der Waals surface area contributed by atoms with Crippen molar-refractivity contribution in [3.8, 4) is 0 Å². The fraction of sp³-hybridized carbons (Fsp3) is 0.273. The number of amides is 1. The van der Waals surface area contributed by atoms with Gasteiger partial charge < -0.3 is 15.2 Å². The first-order chi connectivity index (χ1) is 13.5. The predicted octanol–water partition coefficient (Wildman–Crippen LogP) is 4.52. The lowest BCUT2D eigenvalue weighted by Gasteiger charge is -2.15. The third-order valence-electron chi connectivity index (χ3n) is 4.55. The molecule has 1 unspecified atom stereocenters. The van der Waals surface area contributed by atoms with Crippen LogP contribution in [0.3, 0.4) is 0 Å². The van der Waals surface area contributed by atoms with Gasteiger partial charge in [0.25, 0.3) is 5.91 Å². The summed E-state index contributed by atoms with van der Waals surface area (Å²) in [4.78, 5) is 16.6. The number of aryl methyl sites for hydroxylation is 1. The van der Waals surface area contributed by atoms with Crippen LogP contribution in [0.1, 0.15) is 28.7 Å². The number of aromatic nitrogens is 2. The van der Waals surface area contributed by atoms with E-state index in [0.717, 1.165) is 36.7 Å². The van der Waals surface area contributed by atoms with Gasteiger partial charge in [0.15, 0.2) is 0 Å². The van der Waals surface area contributed by atoms with Gasteiger partial charge in [0.1, 0.15) is 5.82 Å². The average molecular weight is 397 g/mol. The van der Waals surface area contributed by atoms with Crippen molar-refractivity contribution in [3.63, 3.8) is 0 Å². The van der Waals surface area contributed by atoms with E-state index in [1.807, 2.05) is 37.5 Å². The molecule has 0 aliphatic carbocycles. The van der Waals surface area contributed by atoms with Crippen molar-refractivity contribution in [2.75, 3.05) is 11.9 Å². The third kappa shape index (κ3) is 5.68. The van der Waals surface area contributed by atoms with Crippen LogP contribution in [0.25, 0.3) is 0 Å². The molecule has 0 saturated heterocycles. The molecule has 3 aromatic rings. The fourth-order valence-corrected chi connectivity index (χ4v) is 3.15. The van der Waals surface area contributed by atoms with Crippen LogP contribution in [0.4, 0.5) is 5.69 Å². The number of hydrogen-bond donors (Lipinski definition) is 2. The predicted molar refractivity (Wildman–Crippen MR) is 114 cm³/mol. The Labute approximate surface area is 170 Å². The molecule has 0 aliphatic heterocycles. The molecule has 0 bridgehead atoms. The lowest BCUT2D eigenvalue weighted by Crippen LogP contribution is -2.24. The van der Waals surface area contributed by atoms with Gasteiger partial charge in [0, 0.05) is 41.8 Å². The Morgan fingerprint density at radius 3 is 2.71 bits per heavy atom. The summed E-state index contributed by atoms with van der Waals surface area (Å²) in [5.74, 6) is 1.38. The van der Waals surface area contributed by atoms with Crippen molar-refractivity contribution < 1.29 is 4.79 Å². The van der Waals surface area contributed by atoms with E-state index >= 15 is 0 Å². The number of nitrogens with one attached hydrogen (secondary N) is 2. The van der Waals surface area contributed by atoms with Gasteiger partial charge in [-0.15, -0.1) is 0 Å². The summed E-state index contributed by atoms with van der Waals surface area (Å²) in [7, 11) is 0. The van der Waals surface area contributed by atoms with Gasteiger partial charge >= 0.3 is 0 Å². The lowest BCUT2D eigenvalue weighted by molar-refractivity contribution is 0.102. The van der Waals surface area contributed by atoms with Crippen LogP contribution in [0, 0.1) is 12.8 Å². The molecule has 2 N–H and O–H groups in total. The van der Waals surface area contributed by atoms with E-state index < -0.39 is 0 Å². The molecule has 0 aliphatic rings. The first kappa shape index (κ1) is 20.1. The second-order valence-electron chi connectivity index (χ2n) is 7.02. The standard InChI is InChI=1S/C22H25ClN4O/c1-16(15-27-11-10-25-17(27)2)13-24-14-18-4-3-5-21(12-18)26-22(28)19-6-8-20(23)9-7-19/h3-12,16,24H,13-15H2,1-2H3,(H,26,28). The molecule has 0 fully saturated rings. The lowest BCUT2D eigenvalue weighted by atomic mass is 10.1. The van der Waals surface area contributed by atoms with Crippen LogP contribution in [-0.2, 0) is 13.1 Å². The summed E-state index contributed by atoms with van der Waals surface area (Å²) in [5, 5.41) is 7.04. The maximum atomic E-state index is 12.3. The normalized spacial score (nSPS) is 12.0. The molecule has 1 amide bonds. The molecule has 0 radical (unpaired) electrons. The Morgan fingerprint density at radius 1 is 1.21 bits per heavy atom. The highest BCUT2D eigenvalue weighted by molar-refractivity contribution is 6.30. The van der Waals surface area contributed by atoms with Crippen LogP contribution in [0.2, 0.25) is 5.02 Å². The van der Waals surface area contributed by atoms with Crippen LogP contribution in [0.5, 0.6) is 0 Å². The molecular weight excluding hydrogens is 372 g/mol. The number of nitrogens with zero attached hydrogens (tertiary/aromatic N) is 2. The minimum absolute atomic E-state index is 0.147. The molecule has 1 aromatic heterocycles. The van der Waals surface area contributed by atoms with Crippen LogP contribution in [-0.4, -0.2) is 22.0 Å². The molecule has 0 saturated carbocycles. The number of benzene rings is 2. The zero-order valence-corrected chi connectivity index (χ0v) is 16.9. The van der Waals surface area contributed by atoms with Crippen LogP contribution in [0.15, 0.2) is 60.9 Å². The van der Waals surface area contributed by atoms with Crippen molar-refractivity contribution >= 4 is 23.2 Å². The topological polar surface area (TPSA) is 59.0 Å². The highest BCUT2D eigenvalue weighted by Gasteiger charge is 2.07. The van der Waals surface area contributed by atoms with E-state index in [2.05, 4.69) is 33.2 Å². The van der Waals surface area contributed by atoms with Gasteiger partial charge in [0.2, 0.25) is 0 Å². The van der Waals surface area contributed by atoms with E-state index in [0.29, 0.717) is 16.5 Å². The summed E-state index contributed by atoms with van der Waals surface area (Å²) in [6, 6.07) is 14.7. The largest absolute Gasteiger partial charge is 0.335 e. The van der Waals surface area contributed by atoms with Crippen LogP contribution >= 0.6 is 11.6 Å². The second kappa shape index (κ2) is 9.53. The van der Waals surface area contributed by atoms with Crippen molar-refractivity contribution in [2.24, 2.45) is 5.92 Å². The molecule has 146 valence electrons. The number of imidazole rings is 1. The molecule has 28 heavy (non-hydrogen) atoms. The summed E-state index contributed by atoms with van der Waals surface area (Å²) < 4.78 is 2.17. The van der Waals surface area contributed by atoms with E-state index in [4.69, 9.17) is 11.6 Å². The Kier molecular flexibility index (Phi) is 6.85. The van der Waals surface area contributed by atoms with Gasteiger partial charge in [-0.25, -0.2) is 4.98 Å². The number of carbonyl (C=O) groups is 1. The maximum Gasteiger partial charge on any atom is 0.255 e. The zero-order valence-electron chi connectivity index (χ0n) is 16.2. The minimum Gasteiger partial charge on any atom is -0.335 e. The number of anilines is 1. The average Bonchev–Trinajstić information content (AvgIpc) is 3.07. The van der Waals surface area contributed by atoms with Gasteiger partial charge in [-0.05, 0) is 61.3 Å². The highest BCUT2D eigenvalue weighted by Crippen LogP contribution is 2.14. The SMILES string of the molecule is Cc1nccn1CC(C)CNCc1cccc(NC(=O)c2ccc(Cl)cc2)c1. The van der Waals surface area contributed by atoms with E-state index in [1.54, 1.807) is 24.3 Å². The van der Waals surface area contributed by atoms with Gasteiger partial charge in [-0.3, -0.25) is 4.79 Å². The molecular formula is C22H25ClN4O. The van der Waals surface area contributed by atoms with Gasteiger partial charge in [-0.1, -0.05) is 30.7 Å². The Balaban J connectivity index is 1.49. The quantitative estimate of drug-likeness (QED) is 0.588. The van der Waals surface area contributed by atoms with Crippen molar-refractivity contribution in [1.82, 2.24) is 14.9 Å². The summed E-state index contributed by atoms with van der Waals surface area (Å²) in [6.07, 6.45) is 3.85. The highest BCUT2D eigenvalue weighted by atomic mass is 35.5. The van der Waals surface area contributed by atoms with Crippen molar-refractivity contribution in [1.29, 1.82) is 0 Å². The van der Waals surface area contributed by atoms with Gasteiger partial charge in [0.05, 0.1) is 0 Å². The Bertz CT molecular complexity index is 920. The number of rotatable bonds is 8. The molecule has 3 rings (SSSR count). The molecule has 5 nitrogen and oxygen atoms in total. The molecule has 1 atom stereocenters. The number of halogens is 1. The van der Waals surface area contributed by atoms with Gasteiger partial charge in [-0.2, -0.15) is 0 Å². The smallest absolute Gasteiger partial charge is 0.255 e. The molecule has 1 heterocycles. The zero-order chi connectivity index (χ0) is 19.9. The van der Waals surface area contributed by atoms with E-state index in [1.165, 1.54) is 0 Å². The maximum absolute atomic E-state index is 12.3. The first-order valence-corrected chi connectivity index (χ1v) is 9.73. The first-order valence-electron chi connectivity index (χ1n) is 9.35. The molecule has 2 aromatic carbocycles. The number of carbonyl (C=O) groups excluding carboxylic acids is 1. The van der Waals surface area contributed by atoms with Crippen molar-refractivity contribution in [3.05, 3.63) is 82.9 Å². The summed E-state index contributed by atoms with van der Waals surface area (Å²) in [5.41, 5.74) is 2.48. The molecule has 0 spiro atoms. The molecule has 6 heteroatoms. The van der Waals surface area contributed by atoms with E-state index in [-0.39, 0.29) is 5.91 Å². The summed E-state index contributed by atoms with van der Waals surface area (Å²) >= 11 is 5.87. The van der Waals surface area contributed by atoms with E-state index in [9.17, 15) is 4.79 Å². The third-order valence-corrected chi connectivity index (χ3v) is 4.80.